The molecule has 5 nitrogen and oxygen atoms in total. The quantitative estimate of drug-likeness (QED) is 0.874. The number of hydrogen-bond acceptors (Lipinski definition) is 4. The summed E-state index contributed by atoms with van der Waals surface area (Å²) in [5.41, 5.74) is 0.0702. The van der Waals surface area contributed by atoms with E-state index in [2.05, 4.69) is 5.32 Å². The fourth-order valence-corrected chi connectivity index (χ4v) is 3.94. The van der Waals surface area contributed by atoms with Gasteiger partial charge >= 0.3 is 5.97 Å². The van der Waals surface area contributed by atoms with Crippen molar-refractivity contribution in [3.05, 3.63) is 29.6 Å². The van der Waals surface area contributed by atoms with Crippen molar-refractivity contribution in [1.29, 1.82) is 0 Å². The van der Waals surface area contributed by atoms with E-state index in [0.29, 0.717) is 13.0 Å². The minimum atomic E-state index is -2.94. The molecule has 0 radical (unpaired) electrons. The van der Waals surface area contributed by atoms with Gasteiger partial charge in [0, 0.05) is 6.54 Å². The number of aromatic carboxylic acids is 1. The van der Waals surface area contributed by atoms with Gasteiger partial charge in [-0.3, -0.25) is 0 Å². The highest BCUT2D eigenvalue weighted by Gasteiger charge is 2.27. The van der Waals surface area contributed by atoms with E-state index in [9.17, 15) is 17.6 Å². The van der Waals surface area contributed by atoms with E-state index < -0.39 is 21.6 Å². The smallest absolute Gasteiger partial charge is 0.335 e. The Labute approximate surface area is 110 Å². The topological polar surface area (TPSA) is 83.5 Å². The molecule has 1 aliphatic heterocycles. The van der Waals surface area contributed by atoms with E-state index in [0.717, 1.165) is 6.07 Å². The van der Waals surface area contributed by atoms with Crippen LogP contribution in [0.1, 0.15) is 16.8 Å². The summed E-state index contributed by atoms with van der Waals surface area (Å²) in [7, 11) is -2.94. The Bertz CT molecular complexity index is 600. The Balaban J connectivity index is 1.99. The van der Waals surface area contributed by atoms with Gasteiger partial charge in [0.15, 0.2) is 9.84 Å². The van der Waals surface area contributed by atoms with Crippen LogP contribution in [0.3, 0.4) is 0 Å². The van der Waals surface area contributed by atoms with Crippen molar-refractivity contribution >= 4 is 21.5 Å². The number of carboxylic acid groups (broad SMARTS) is 1. The van der Waals surface area contributed by atoms with Crippen LogP contribution in [0, 0.1) is 11.7 Å². The highest BCUT2D eigenvalue weighted by molar-refractivity contribution is 7.91. The molecule has 1 aliphatic rings. The third-order valence-corrected chi connectivity index (χ3v) is 4.96. The SMILES string of the molecule is O=C(O)c1ccc(NCC2CCS(=O)(=O)C2)c(F)c1. The van der Waals surface area contributed by atoms with Gasteiger partial charge in [-0.1, -0.05) is 0 Å². The molecule has 1 unspecified atom stereocenters. The van der Waals surface area contributed by atoms with Gasteiger partial charge in [0.2, 0.25) is 0 Å². The average Bonchev–Trinajstić information content (AvgIpc) is 2.67. The summed E-state index contributed by atoms with van der Waals surface area (Å²) < 4.78 is 36.1. The molecule has 1 fully saturated rings. The highest BCUT2D eigenvalue weighted by atomic mass is 32.2. The summed E-state index contributed by atoms with van der Waals surface area (Å²) in [6, 6.07) is 3.59. The number of nitrogens with one attached hydrogen (secondary N) is 1. The molecule has 2 rings (SSSR count). The maximum atomic E-state index is 13.6. The highest BCUT2D eigenvalue weighted by Crippen LogP contribution is 2.21. The maximum absolute atomic E-state index is 13.6. The summed E-state index contributed by atoms with van der Waals surface area (Å²) in [6.45, 7) is 0.364. The molecule has 1 atom stereocenters. The number of rotatable bonds is 4. The molecule has 104 valence electrons. The zero-order valence-corrected chi connectivity index (χ0v) is 10.9. The number of halogens is 1. The first kappa shape index (κ1) is 13.8. The van der Waals surface area contributed by atoms with Crippen molar-refractivity contribution in [3.8, 4) is 0 Å². The molecule has 2 N–H and O–H groups in total. The number of carboxylic acids is 1. The van der Waals surface area contributed by atoms with Crippen LogP contribution in [0.5, 0.6) is 0 Å². The third-order valence-electron chi connectivity index (χ3n) is 3.12. The van der Waals surface area contributed by atoms with Gasteiger partial charge in [-0.2, -0.15) is 0 Å². The molecule has 0 aliphatic carbocycles. The Morgan fingerprint density at radius 2 is 2.21 bits per heavy atom. The monoisotopic (exact) mass is 287 g/mol. The summed E-state index contributed by atoms with van der Waals surface area (Å²) >= 11 is 0. The predicted molar refractivity (Wildman–Crippen MR) is 68.6 cm³/mol. The van der Waals surface area contributed by atoms with Crippen LogP contribution in [-0.2, 0) is 9.84 Å². The molecule has 0 aromatic heterocycles. The fourth-order valence-electron chi connectivity index (χ4n) is 2.08. The Morgan fingerprint density at radius 1 is 1.47 bits per heavy atom. The maximum Gasteiger partial charge on any atom is 0.335 e. The lowest BCUT2D eigenvalue weighted by Crippen LogP contribution is -2.16. The van der Waals surface area contributed by atoms with Crippen LogP contribution in [-0.4, -0.2) is 37.5 Å². The van der Waals surface area contributed by atoms with Crippen LogP contribution in [0.2, 0.25) is 0 Å². The zero-order chi connectivity index (χ0) is 14.0. The molecule has 0 amide bonds. The molecule has 7 heteroatoms. The first-order chi connectivity index (χ1) is 8.87. The van der Waals surface area contributed by atoms with E-state index >= 15 is 0 Å². The molecular weight excluding hydrogens is 273 g/mol. The van der Waals surface area contributed by atoms with Gasteiger partial charge in [-0.25, -0.2) is 17.6 Å². The first-order valence-corrected chi connectivity index (χ1v) is 7.67. The molecule has 1 saturated heterocycles. The molecule has 1 aromatic carbocycles. The molecule has 0 saturated carbocycles. The minimum Gasteiger partial charge on any atom is -0.478 e. The van der Waals surface area contributed by atoms with Crippen LogP contribution < -0.4 is 5.32 Å². The molecule has 0 bridgehead atoms. The van der Waals surface area contributed by atoms with Crippen molar-refractivity contribution < 1.29 is 22.7 Å². The van der Waals surface area contributed by atoms with E-state index in [4.69, 9.17) is 5.11 Å². The van der Waals surface area contributed by atoms with Crippen LogP contribution in [0.25, 0.3) is 0 Å². The predicted octanol–water partition coefficient (Wildman–Crippen LogP) is 1.37. The van der Waals surface area contributed by atoms with Crippen LogP contribution in [0.15, 0.2) is 18.2 Å². The van der Waals surface area contributed by atoms with Gasteiger partial charge in [-0.15, -0.1) is 0 Å². The van der Waals surface area contributed by atoms with Crippen molar-refractivity contribution in [2.45, 2.75) is 6.42 Å². The summed E-state index contributed by atoms with van der Waals surface area (Å²) in [5, 5.41) is 11.5. The lowest BCUT2D eigenvalue weighted by Gasteiger charge is -2.11. The van der Waals surface area contributed by atoms with Crippen molar-refractivity contribution in [2.75, 3.05) is 23.4 Å². The lowest BCUT2D eigenvalue weighted by molar-refractivity contribution is 0.0696. The first-order valence-electron chi connectivity index (χ1n) is 5.84. The van der Waals surface area contributed by atoms with Crippen molar-refractivity contribution in [1.82, 2.24) is 0 Å². The summed E-state index contributed by atoms with van der Waals surface area (Å²) in [5.74, 6) is -1.56. The second-order valence-electron chi connectivity index (χ2n) is 4.65. The van der Waals surface area contributed by atoms with E-state index in [1.165, 1.54) is 12.1 Å². The molecule has 1 heterocycles. The fraction of sp³-hybridized carbons (Fsp3) is 0.417. The molecular formula is C12H14FNO4S. The van der Waals surface area contributed by atoms with Gasteiger partial charge < -0.3 is 10.4 Å². The number of hydrogen-bond donors (Lipinski definition) is 2. The number of anilines is 1. The second kappa shape index (κ2) is 5.16. The molecule has 0 spiro atoms. The average molecular weight is 287 g/mol. The van der Waals surface area contributed by atoms with Gasteiger partial charge in [0.1, 0.15) is 5.82 Å². The lowest BCUT2D eigenvalue weighted by atomic mass is 10.1. The van der Waals surface area contributed by atoms with Gasteiger partial charge in [-0.05, 0) is 30.5 Å². The minimum absolute atomic E-state index is 0.0245. The van der Waals surface area contributed by atoms with Crippen LogP contribution in [0.4, 0.5) is 10.1 Å². The zero-order valence-electron chi connectivity index (χ0n) is 10.1. The Morgan fingerprint density at radius 3 is 2.74 bits per heavy atom. The van der Waals surface area contributed by atoms with Crippen LogP contribution >= 0.6 is 0 Å². The molecule has 19 heavy (non-hydrogen) atoms. The van der Waals surface area contributed by atoms with E-state index in [1.807, 2.05) is 0 Å². The van der Waals surface area contributed by atoms with E-state index in [1.54, 1.807) is 0 Å². The number of carbonyl (C=O) groups is 1. The Hall–Kier alpha value is -1.63. The number of benzene rings is 1. The van der Waals surface area contributed by atoms with Crippen molar-refractivity contribution in [2.24, 2.45) is 5.92 Å². The number of sulfone groups is 1. The standard InChI is InChI=1S/C12H14FNO4S/c13-10-5-9(12(15)16)1-2-11(10)14-6-8-3-4-19(17,18)7-8/h1-2,5,8,14H,3-4,6-7H2,(H,15,16). The summed E-state index contributed by atoms with van der Waals surface area (Å²) in [4.78, 5) is 10.6. The summed E-state index contributed by atoms with van der Waals surface area (Å²) in [6.07, 6.45) is 0.574. The second-order valence-corrected chi connectivity index (χ2v) is 6.88. The van der Waals surface area contributed by atoms with E-state index in [-0.39, 0.29) is 28.7 Å². The van der Waals surface area contributed by atoms with Gasteiger partial charge in [0.05, 0.1) is 22.8 Å². The Kier molecular flexibility index (Phi) is 3.75. The van der Waals surface area contributed by atoms with Gasteiger partial charge in [0.25, 0.3) is 0 Å². The normalized spacial score (nSPS) is 21.2. The largest absolute Gasteiger partial charge is 0.478 e. The third kappa shape index (κ3) is 3.44. The van der Waals surface area contributed by atoms with Crippen molar-refractivity contribution in [3.63, 3.8) is 0 Å². The molecule has 1 aromatic rings.